The molecule has 0 aliphatic heterocycles. The van der Waals surface area contributed by atoms with Crippen molar-refractivity contribution in [2.45, 2.75) is 37.8 Å². The number of aliphatic hydroxyl groups excluding tert-OH is 1. The molecule has 1 saturated carbocycles. The maximum atomic E-state index is 12.8. The van der Waals surface area contributed by atoms with Gasteiger partial charge in [-0.05, 0) is 35.7 Å². The standard InChI is InChI=1S/C20H21NO3/c1-21(16-8-4-5-9-17(16)22)20(23)19-12-15-14-7-3-2-6-13(14)10-11-18(15)24-19/h2-3,6-7,10-12,16-17,22H,4-5,8-9H2,1H3. The van der Waals surface area contributed by atoms with Gasteiger partial charge >= 0.3 is 0 Å². The topological polar surface area (TPSA) is 53.7 Å². The van der Waals surface area contributed by atoms with Gasteiger partial charge in [0.1, 0.15) is 5.58 Å². The number of nitrogens with zero attached hydrogens (tertiary/aromatic N) is 1. The predicted molar refractivity (Wildman–Crippen MR) is 94.1 cm³/mol. The number of carbonyl (C=O) groups excluding carboxylic acids is 1. The quantitative estimate of drug-likeness (QED) is 0.776. The summed E-state index contributed by atoms with van der Waals surface area (Å²) in [5, 5.41) is 13.4. The van der Waals surface area contributed by atoms with Crippen LogP contribution in [0.15, 0.2) is 46.9 Å². The Morgan fingerprint density at radius 3 is 2.75 bits per heavy atom. The molecule has 24 heavy (non-hydrogen) atoms. The van der Waals surface area contributed by atoms with Gasteiger partial charge in [0.05, 0.1) is 12.1 Å². The van der Waals surface area contributed by atoms with Crippen molar-refractivity contribution in [2.75, 3.05) is 7.05 Å². The normalized spacial score (nSPS) is 21.2. The maximum absolute atomic E-state index is 12.8. The average Bonchev–Trinajstić information content (AvgIpc) is 3.05. The van der Waals surface area contributed by atoms with Crippen molar-refractivity contribution in [3.8, 4) is 0 Å². The maximum Gasteiger partial charge on any atom is 0.289 e. The Morgan fingerprint density at radius 1 is 1.12 bits per heavy atom. The molecule has 0 bridgehead atoms. The molecule has 4 nitrogen and oxygen atoms in total. The van der Waals surface area contributed by atoms with E-state index in [9.17, 15) is 9.90 Å². The highest BCUT2D eigenvalue weighted by atomic mass is 16.3. The highest BCUT2D eigenvalue weighted by Gasteiger charge is 2.31. The van der Waals surface area contributed by atoms with Gasteiger partial charge in [-0.3, -0.25) is 4.79 Å². The van der Waals surface area contributed by atoms with Crippen molar-refractivity contribution in [2.24, 2.45) is 0 Å². The molecular formula is C20H21NO3. The van der Waals surface area contributed by atoms with E-state index >= 15 is 0 Å². The number of carbonyl (C=O) groups is 1. The van der Waals surface area contributed by atoms with Crippen LogP contribution in [-0.2, 0) is 0 Å². The van der Waals surface area contributed by atoms with Crippen LogP contribution in [0.1, 0.15) is 36.2 Å². The fourth-order valence-electron chi connectivity index (χ4n) is 3.77. The van der Waals surface area contributed by atoms with Crippen LogP contribution in [-0.4, -0.2) is 35.1 Å². The van der Waals surface area contributed by atoms with Crippen molar-refractivity contribution in [1.82, 2.24) is 4.90 Å². The summed E-state index contributed by atoms with van der Waals surface area (Å²) < 4.78 is 5.81. The molecule has 1 aliphatic carbocycles. The summed E-state index contributed by atoms with van der Waals surface area (Å²) in [4.78, 5) is 14.5. The van der Waals surface area contributed by atoms with Gasteiger partial charge in [0.25, 0.3) is 5.91 Å². The van der Waals surface area contributed by atoms with E-state index in [1.807, 2.05) is 42.5 Å². The Morgan fingerprint density at radius 2 is 1.92 bits per heavy atom. The molecule has 124 valence electrons. The van der Waals surface area contributed by atoms with Crippen LogP contribution in [0.3, 0.4) is 0 Å². The lowest BCUT2D eigenvalue weighted by molar-refractivity contribution is 0.0251. The van der Waals surface area contributed by atoms with Crippen molar-refractivity contribution in [3.05, 3.63) is 48.2 Å². The van der Waals surface area contributed by atoms with E-state index in [1.165, 1.54) is 0 Å². The van der Waals surface area contributed by atoms with Crippen LogP contribution < -0.4 is 0 Å². The van der Waals surface area contributed by atoms with Crippen LogP contribution in [0.25, 0.3) is 21.7 Å². The summed E-state index contributed by atoms with van der Waals surface area (Å²) in [6.45, 7) is 0. The zero-order valence-corrected chi connectivity index (χ0v) is 13.7. The van der Waals surface area contributed by atoms with E-state index in [-0.39, 0.29) is 11.9 Å². The highest BCUT2D eigenvalue weighted by Crippen LogP contribution is 2.30. The zero-order chi connectivity index (χ0) is 16.7. The van der Waals surface area contributed by atoms with Crippen LogP contribution in [0.2, 0.25) is 0 Å². The third kappa shape index (κ3) is 2.47. The first-order chi connectivity index (χ1) is 11.6. The molecule has 1 N–H and O–H groups in total. The van der Waals surface area contributed by atoms with Crippen LogP contribution in [0.5, 0.6) is 0 Å². The highest BCUT2D eigenvalue weighted by molar-refractivity contribution is 6.08. The molecule has 0 spiro atoms. The lowest BCUT2D eigenvalue weighted by Gasteiger charge is -2.34. The molecule has 1 fully saturated rings. The van der Waals surface area contributed by atoms with Crippen molar-refractivity contribution >= 4 is 27.6 Å². The molecule has 1 aromatic heterocycles. The lowest BCUT2D eigenvalue weighted by Crippen LogP contribution is -2.46. The molecule has 2 aromatic carbocycles. The van der Waals surface area contributed by atoms with Crippen molar-refractivity contribution < 1.29 is 14.3 Å². The Kier molecular flexibility index (Phi) is 3.77. The summed E-state index contributed by atoms with van der Waals surface area (Å²) in [7, 11) is 1.76. The Hall–Kier alpha value is -2.33. The van der Waals surface area contributed by atoms with E-state index < -0.39 is 6.10 Å². The van der Waals surface area contributed by atoms with Gasteiger partial charge in [-0.25, -0.2) is 0 Å². The third-order valence-electron chi connectivity index (χ3n) is 5.15. The first-order valence-electron chi connectivity index (χ1n) is 8.51. The molecule has 2 unspecified atom stereocenters. The van der Waals surface area contributed by atoms with E-state index in [4.69, 9.17) is 4.42 Å². The Labute approximate surface area is 140 Å². The minimum absolute atomic E-state index is 0.129. The van der Waals surface area contributed by atoms with Gasteiger partial charge in [0, 0.05) is 12.4 Å². The average molecular weight is 323 g/mol. The minimum atomic E-state index is -0.446. The van der Waals surface area contributed by atoms with E-state index in [0.29, 0.717) is 5.76 Å². The number of amides is 1. The largest absolute Gasteiger partial charge is 0.451 e. The van der Waals surface area contributed by atoms with Crippen molar-refractivity contribution in [1.29, 1.82) is 0 Å². The summed E-state index contributed by atoms with van der Waals surface area (Å²) >= 11 is 0. The monoisotopic (exact) mass is 323 g/mol. The molecular weight excluding hydrogens is 302 g/mol. The molecule has 1 amide bonds. The SMILES string of the molecule is CN(C(=O)c1cc2c(ccc3ccccc32)o1)C1CCCCC1O. The molecule has 4 rings (SSSR count). The van der Waals surface area contributed by atoms with Gasteiger partial charge in [0.2, 0.25) is 0 Å². The van der Waals surface area contributed by atoms with Crippen LogP contribution in [0, 0.1) is 0 Å². The van der Waals surface area contributed by atoms with E-state index in [0.717, 1.165) is 47.4 Å². The second-order valence-electron chi connectivity index (χ2n) is 6.64. The molecule has 0 saturated heterocycles. The first kappa shape index (κ1) is 15.2. The number of rotatable bonds is 2. The third-order valence-corrected chi connectivity index (χ3v) is 5.15. The molecule has 1 heterocycles. The number of hydrogen-bond acceptors (Lipinski definition) is 3. The molecule has 2 atom stereocenters. The Balaban J connectivity index is 1.70. The first-order valence-corrected chi connectivity index (χ1v) is 8.51. The van der Waals surface area contributed by atoms with Gasteiger partial charge in [-0.15, -0.1) is 0 Å². The van der Waals surface area contributed by atoms with Gasteiger partial charge < -0.3 is 14.4 Å². The van der Waals surface area contributed by atoms with Crippen LogP contribution >= 0.6 is 0 Å². The van der Waals surface area contributed by atoms with Crippen molar-refractivity contribution in [3.63, 3.8) is 0 Å². The second-order valence-corrected chi connectivity index (χ2v) is 6.64. The summed E-state index contributed by atoms with van der Waals surface area (Å²) in [6.07, 6.45) is 3.22. The summed E-state index contributed by atoms with van der Waals surface area (Å²) in [6, 6.07) is 13.7. The smallest absolute Gasteiger partial charge is 0.289 e. The van der Waals surface area contributed by atoms with Gasteiger partial charge in [-0.2, -0.15) is 0 Å². The lowest BCUT2D eigenvalue weighted by atomic mass is 9.91. The summed E-state index contributed by atoms with van der Waals surface area (Å²) in [5.74, 6) is 0.169. The minimum Gasteiger partial charge on any atom is -0.451 e. The number of hydrogen-bond donors (Lipinski definition) is 1. The van der Waals surface area contributed by atoms with Crippen LogP contribution in [0.4, 0.5) is 0 Å². The molecule has 4 heteroatoms. The number of fused-ring (bicyclic) bond motifs is 3. The number of aliphatic hydroxyl groups is 1. The Bertz CT molecular complexity index is 898. The second kappa shape index (κ2) is 5.95. The van der Waals surface area contributed by atoms with Gasteiger partial charge in [-0.1, -0.05) is 43.2 Å². The fourth-order valence-corrected chi connectivity index (χ4v) is 3.77. The number of benzene rings is 2. The van der Waals surface area contributed by atoms with E-state index in [2.05, 4.69) is 0 Å². The predicted octanol–water partition coefficient (Wildman–Crippen LogP) is 3.96. The van der Waals surface area contributed by atoms with Gasteiger partial charge in [0.15, 0.2) is 5.76 Å². The summed E-state index contributed by atoms with van der Waals surface area (Å²) in [5.41, 5.74) is 0.717. The van der Waals surface area contributed by atoms with E-state index in [1.54, 1.807) is 11.9 Å². The number of likely N-dealkylation sites (N-methyl/N-ethyl adjacent to an activating group) is 1. The zero-order valence-electron chi connectivity index (χ0n) is 13.7. The fraction of sp³-hybridized carbons (Fsp3) is 0.350. The molecule has 3 aromatic rings. The molecule has 0 radical (unpaired) electrons. The number of furan rings is 1. The molecule has 1 aliphatic rings.